The Hall–Kier alpha value is -2.43. The fourth-order valence-corrected chi connectivity index (χ4v) is 4.58. The van der Waals surface area contributed by atoms with Crippen LogP contribution < -0.4 is 15.0 Å². The minimum absolute atomic E-state index is 0.114. The summed E-state index contributed by atoms with van der Waals surface area (Å²) in [6.07, 6.45) is 0. The van der Waals surface area contributed by atoms with E-state index < -0.39 is 0 Å². The van der Waals surface area contributed by atoms with Crippen LogP contribution in [0.3, 0.4) is 0 Å². The van der Waals surface area contributed by atoms with Gasteiger partial charge in [0.05, 0.1) is 24.1 Å². The van der Waals surface area contributed by atoms with E-state index in [1.807, 2.05) is 0 Å². The molecule has 1 N–H and O–H groups in total. The number of ether oxygens (including phenoxy) is 3. The number of benzene rings is 1. The summed E-state index contributed by atoms with van der Waals surface area (Å²) >= 11 is 6.68. The van der Waals surface area contributed by atoms with Gasteiger partial charge in [0.1, 0.15) is 10.5 Å². The molecule has 8 nitrogen and oxygen atoms in total. The largest absolute Gasteiger partial charge is 0.454 e. The molecule has 10 heteroatoms. The van der Waals surface area contributed by atoms with Crippen LogP contribution >= 0.6 is 23.6 Å². The van der Waals surface area contributed by atoms with Crippen molar-refractivity contribution < 1.29 is 19.0 Å². The summed E-state index contributed by atoms with van der Waals surface area (Å²) in [6, 6.07) is 3.37. The molecule has 1 fully saturated rings. The van der Waals surface area contributed by atoms with E-state index in [2.05, 4.69) is 4.98 Å². The van der Waals surface area contributed by atoms with Crippen molar-refractivity contribution in [1.82, 2.24) is 14.3 Å². The van der Waals surface area contributed by atoms with Crippen molar-refractivity contribution in [2.24, 2.45) is 0 Å². The molecule has 1 aromatic carbocycles. The molecule has 2 aromatic heterocycles. The average molecular weight is 391 g/mol. The maximum atomic E-state index is 12.9. The predicted octanol–water partition coefficient (Wildman–Crippen LogP) is 1.77. The second kappa shape index (κ2) is 5.79. The Kier molecular flexibility index (Phi) is 3.52. The number of hydrogen-bond acceptors (Lipinski definition) is 7. The van der Waals surface area contributed by atoms with E-state index in [9.17, 15) is 9.59 Å². The zero-order valence-electron chi connectivity index (χ0n) is 13.4. The lowest BCUT2D eigenvalue weighted by molar-refractivity contribution is 0.0307. The van der Waals surface area contributed by atoms with Crippen molar-refractivity contribution in [1.29, 1.82) is 0 Å². The van der Waals surface area contributed by atoms with Gasteiger partial charge in [-0.25, -0.2) is 0 Å². The van der Waals surface area contributed by atoms with Gasteiger partial charge in [-0.1, -0.05) is 11.3 Å². The van der Waals surface area contributed by atoms with Gasteiger partial charge in [-0.3, -0.25) is 14.0 Å². The normalized spacial score (nSPS) is 16.5. The lowest BCUT2D eigenvalue weighted by atomic mass is 10.2. The molecular formula is C16H13N3O5S2. The molecule has 0 aliphatic carbocycles. The van der Waals surface area contributed by atoms with Crippen LogP contribution in [-0.2, 0) is 4.74 Å². The number of carbonyl (C=O) groups is 1. The highest BCUT2D eigenvalue weighted by molar-refractivity contribution is 7.73. The molecule has 26 heavy (non-hydrogen) atoms. The number of morpholine rings is 1. The third kappa shape index (κ3) is 2.26. The van der Waals surface area contributed by atoms with E-state index in [1.54, 1.807) is 21.4 Å². The molecule has 0 unspecified atom stereocenters. The number of rotatable bonds is 1. The van der Waals surface area contributed by atoms with Crippen LogP contribution in [0.2, 0.25) is 0 Å². The molecule has 0 spiro atoms. The number of amides is 1. The summed E-state index contributed by atoms with van der Waals surface area (Å²) in [4.78, 5) is 30.5. The Bertz CT molecular complexity index is 1170. The quantitative estimate of drug-likeness (QED) is 0.637. The van der Waals surface area contributed by atoms with E-state index in [-0.39, 0.29) is 18.3 Å². The summed E-state index contributed by atoms with van der Waals surface area (Å²) in [5.74, 6) is 0.926. The molecule has 0 saturated carbocycles. The summed E-state index contributed by atoms with van der Waals surface area (Å²) in [5.41, 5.74) is 0.699. The van der Waals surface area contributed by atoms with E-state index in [4.69, 9.17) is 26.4 Å². The van der Waals surface area contributed by atoms with Crippen LogP contribution in [0.1, 0.15) is 9.67 Å². The summed E-state index contributed by atoms with van der Waals surface area (Å²) in [7, 11) is 0. The first-order chi connectivity index (χ1) is 12.6. The van der Waals surface area contributed by atoms with Crippen molar-refractivity contribution in [2.45, 2.75) is 0 Å². The molecule has 5 rings (SSSR count). The van der Waals surface area contributed by atoms with Gasteiger partial charge in [0.25, 0.3) is 11.5 Å². The number of nitrogens with zero attached hydrogens (tertiary/aromatic N) is 2. The van der Waals surface area contributed by atoms with Crippen molar-refractivity contribution in [2.75, 3.05) is 33.1 Å². The van der Waals surface area contributed by atoms with Crippen LogP contribution in [0.4, 0.5) is 0 Å². The monoisotopic (exact) mass is 391 g/mol. The fraction of sp³-hybridized carbons (Fsp3) is 0.312. The smallest absolute Gasteiger partial charge is 0.267 e. The highest BCUT2D eigenvalue weighted by Gasteiger charge is 2.25. The van der Waals surface area contributed by atoms with Crippen LogP contribution in [0.25, 0.3) is 16.6 Å². The number of thiazole rings is 1. The Morgan fingerprint density at radius 1 is 1.19 bits per heavy atom. The number of carbonyl (C=O) groups excluding carboxylic acids is 1. The standard InChI is InChI=1S/C16H13N3O5S2/c20-14-8-5-10-11(24-7-23-10)6-9(8)19-13(17-14)12(26-16(19)25)15(21)18-1-3-22-4-2-18/h5-6H,1-4,7H2,(H,17,20). The van der Waals surface area contributed by atoms with Gasteiger partial charge in [-0.2, -0.15) is 0 Å². The van der Waals surface area contributed by atoms with Crippen molar-refractivity contribution >= 4 is 46.0 Å². The van der Waals surface area contributed by atoms with Crippen LogP contribution in [0, 0.1) is 3.95 Å². The molecule has 1 amide bonds. The second-order valence-corrected chi connectivity index (χ2v) is 7.61. The van der Waals surface area contributed by atoms with Crippen LogP contribution in [-0.4, -0.2) is 53.3 Å². The Labute approximate surface area is 155 Å². The number of aromatic amines is 1. The first kappa shape index (κ1) is 15.8. The predicted molar refractivity (Wildman–Crippen MR) is 97.1 cm³/mol. The zero-order valence-corrected chi connectivity index (χ0v) is 15.1. The van der Waals surface area contributed by atoms with Crippen molar-refractivity contribution in [3.8, 4) is 11.5 Å². The van der Waals surface area contributed by atoms with Gasteiger partial charge in [-0.15, -0.1) is 0 Å². The van der Waals surface area contributed by atoms with E-state index in [1.165, 1.54) is 11.3 Å². The van der Waals surface area contributed by atoms with E-state index >= 15 is 0 Å². The third-order valence-electron chi connectivity index (χ3n) is 4.51. The maximum Gasteiger partial charge on any atom is 0.267 e. The van der Waals surface area contributed by atoms with Gasteiger partial charge >= 0.3 is 0 Å². The van der Waals surface area contributed by atoms with E-state index in [0.717, 1.165) is 0 Å². The molecule has 0 atom stereocenters. The lowest BCUT2D eigenvalue weighted by Gasteiger charge is -2.26. The summed E-state index contributed by atoms with van der Waals surface area (Å²) < 4.78 is 18.3. The van der Waals surface area contributed by atoms with Crippen molar-refractivity contribution in [3.63, 3.8) is 0 Å². The van der Waals surface area contributed by atoms with Gasteiger partial charge in [0.15, 0.2) is 15.5 Å². The van der Waals surface area contributed by atoms with Crippen LogP contribution in [0.5, 0.6) is 11.5 Å². The Morgan fingerprint density at radius 3 is 2.69 bits per heavy atom. The highest BCUT2D eigenvalue weighted by atomic mass is 32.1. The SMILES string of the molecule is O=C(c1sc(=S)n2c1[nH]c(=O)c1cc3c(cc12)OCO3)N1CCOCC1. The van der Waals surface area contributed by atoms with Crippen molar-refractivity contribution in [3.05, 3.63) is 31.3 Å². The van der Waals surface area contributed by atoms with E-state index in [0.29, 0.717) is 63.2 Å². The highest BCUT2D eigenvalue weighted by Crippen LogP contribution is 2.36. The van der Waals surface area contributed by atoms with Gasteiger partial charge in [0.2, 0.25) is 6.79 Å². The van der Waals surface area contributed by atoms with Crippen LogP contribution in [0.15, 0.2) is 16.9 Å². The first-order valence-corrected chi connectivity index (χ1v) is 9.24. The molecule has 2 aliphatic rings. The number of H-pyrrole nitrogens is 1. The molecule has 0 radical (unpaired) electrons. The van der Waals surface area contributed by atoms with Gasteiger partial charge < -0.3 is 24.1 Å². The topological polar surface area (TPSA) is 85.3 Å². The van der Waals surface area contributed by atoms with Gasteiger partial charge in [0, 0.05) is 19.2 Å². The average Bonchev–Trinajstić information content (AvgIpc) is 3.24. The molecule has 2 aliphatic heterocycles. The molecular weight excluding hydrogens is 378 g/mol. The maximum absolute atomic E-state index is 12.9. The summed E-state index contributed by atoms with van der Waals surface area (Å²) in [6.45, 7) is 2.17. The minimum Gasteiger partial charge on any atom is -0.454 e. The van der Waals surface area contributed by atoms with Gasteiger partial charge in [-0.05, 0) is 18.3 Å². The first-order valence-electron chi connectivity index (χ1n) is 8.02. The second-order valence-electron chi connectivity index (χ2n) is 5.96. The molecule has 4 heterocycles. The third-order valence-corrected chi connectivity index (χ3v) is 5.87. The minimum atomic E-state index is -0.304. The Balaban J connectivity index is 1.76. The zero-order chi connectivity index (χ0) is 17.8. The molecule has 134 valence electrons. The molecule has 1 saturated heterocycles. The lowest BCUT2D eigenvalue weighted by Crippen LogP contribution is -2.40. The number of fused-ring (bicyclic) bond motifs is 4. The number of aromatic nitrogens is 2. The summed E-state index contributed by atoms with van der Waals surface area (Å²) in [5, 5.41) is 0.432. The number of nitrogens with one attached hydrogen (secondary N) is 1. The fourth-order valence-electron chi connectivity index (χ4n) is 3.23. The molecule has 0 bridgehead atoms. The Morgan fingerprint density at radius 2 is 1.92 bits per heavy atom. The molecule has 3 aromatic rings. The number of hydrogen-bond donors (Lipinski definition) is 1.